The van der Waals surface area contributed by atoms with Crippen molar-refractivity contribution in [2.24, 2.45) is 5.92 Å². The second-order valence-electron chi connectivity index (χ2n) is 11.8. The van der Waals surface area contributed by atoms with E-state index in [2.05, 4.69) is 5.32 Å². The monoisotopic (exact) mass is 593 g/mol. The third-order valence-electron chi connectivity index (χ3n) is 8.53. The van der Waals surface area contributed by atoms with E-state index in [1.807, 2.05) is 104 Å². The van der Waals surface area contributed by atoms with Crippen LogP contribution in [0.25, 0.3) is 10.1 Å². The molecular formula is C35H35N3O4S. The number of nitrogens with one attached hydrogen (secondary N) is 1. The Morgan fingerprint density at radius 1 is 0.884 bits per heavy atom. The Labute approximate surface area is 255 Å². The van der Waals surface area contributed by atoms with Crippen LogP contribution in [-0.2, 0) is 14.4 Å². The van der Waals surface area contributed by atoms with Gasteiger partial charge in [-0.25, -0.2) is 0 Å². The first-order chi connectivity index (χ1) is 20.8. The molecule has 43 heavy (non-hydrogen) atoms. The standard InChI is InChI=1S/C35H35N3O4S/c1-22(2)19-27(36-33(40)31(23-11-5-3-6-12-23)24-13-7-4-8-14-24)35(42)37-18-17-28-32(37)29(39)20-38(28)34(41)26-21-43-30-16-10-9-15-25(26)30/h3-16,21-22,27-28,31-32H,17-20H2,1-2H3,(H,36,40)/t27-,28?,32-/m0/s1. The molecule has 7 nitrogen and oxygen atoms in total. The smallest absolute Gasteiger partial charge is 0.256 e. The number of rotatable bonds is 8. The number of fused-ring (bicyclic) bond motifs is 2. The number of carbonyl (C=O) groups is 4. The van der Waals surface area contributed by atoms with Crippen molar-refractivity contribution < 1.29 is 19.2 Å². The van der Waals surface area contributed by atoms with Crippen LogP contribution in [0.15, 0.2) is 90.3 Å². The van der Waals surface area contributed by atoms with Crippen LogP contribution < -0.4 is 5.32 Å². The topological polar surface area (TPSA) is 86.8 Å². The number of ketones is 1. The van der Waals surface area contributed by atoms with Crippen LogP contribution in [0.5, 0.6) is 0 Å². The Hall–Kier alpha value is -4.30. The van der Waals surface area contributed by atoms with Gasteiger partial charge in [-0.3, -0.25) is 19.2 Å². The van der Waals surface area contributed by atoms with Gasteiger partial charge in [0.1, 0.15) is 12.1 Å². The predicted molar refractivity (Wildman–Crippen MR) is 168 cm³/mol. The zero-order valence-corrected chi connectivity index (χ0v) is 25.1. The first-order valence-electron chi connectivity index (χ1n) is 14.8. The molecule has 220 valence electrons. The van der Waals surface area contributed by atoms with Crippen molar-refractivity contribution >= 4 is 44.9 Å². The number of likely N-dealkylation sites (tertiary alicyclic amines) is 2. The molecule has 0 radical (unpaired) electrons. The van der Waals surface area contributed by atoms with Gasteiger partial charge in [0.25, 0.3) is 5.91 Å². The van der Waals surface area contributed by atoms with E-state index in [4.69, 9.17) is 0 Å². The molecule has 3 atom stereocenters. The molecule has 3 amide bonds. The minimum atomic E-state index is -0.792. The van der Waals surface area contributed by atoms with Crippen molar-refractivity contribution in [3.05, 3.63) is 107 Å². The van der Waals surface area contributed by atoms with Gasteiger partial charge in [0.2, 0.25) is 11.8 Å². The quantitative estimate of drug-likeness (QED) is 0.302. The lowest BCUT2D eigenvalue weighted by Gasteiger charge is -2.30. The lowest BCUT2D eigenvalue weighted by atomic mass is 9.90. The largest absolute Gasteiger partial charge is 0.343 e. The Morgan fingerprint density at radius 2 is 1.51 bits per heavy atom. The molecule has 2 saturated heterocycles. The van der Waals surface area contributed by atoms with Gasteiger partial charge in [0, 0.05) is 22.0 Å². The van der Waals surface area contributed by atoms with Crippen LogP contribution in [0, 0.1) is 5.92 Å². The van der Waals surface area contributed by atoms with E-state index in [1.165, 1.54) is 11.3 Å². The third kappa shape index (κ3) is 5.59. The SMILES string of the molecule is CC(C)C[C@H](NC(=O)C(c1ccccc1)c1ccccc1)C(=O)N1CCC2[C@H]1C(=O)CN2C(=O)c1csc2ccccc12. The third-order valence-corrected chi connectivity index (χ3v) is 9.49. The summed E-state index contributed by atoms with van der Waals surface area (Å²) in [4.78, 5) is 58.4. The highest BCUT2D eigenvalue weighted by Gasteiger charge is 2.52. The molecule has 4 aromatic rings. The van der Waals surface area contributed by atoms with Crippen molar-refractivity contribution in [2.45, 2.75) is 50.7 Å². The Bertz CT molecular complexity index is 1610. The fourth-order valence-electron chi connectivity index (χ4n) is 6.57. The molecule has 2 fully saturated rings. The maximum Gasteiger partial charge on any atom is 0.256 e. The summed E-state index contributed by atoms with van der Waals surface area (Å²) in [5.41, 5.74) is 2.27. The van der Waals surface area contributed by atoms with Crippen LogP contribution in [0.4, 0.5) is 0 Å². The number of hydrogen-bond acceptors (Lipinski definition) is 5. The van der Waals surface area contributed by atoms with Crippen molar-refractivity contribution in [1.29, 1.82) is 0 Å². The van der Waals surface area contributed by atoms with E-state index in [9.17, 15) is 19.2 Å². The zero-order valence-electron chi connectivity index (χ0n) is 24.3. The summed E-state index contributed by atoms with van der Waals surface area (Å²) >= 11 is 1.51. The van der Waals surface area contributed by atoms with Gasteiger partial charge in [0.15, 0.2) is 5.78 Å². The number of nitrogens with zero attached hydrogens (tertiary/aromatic N) is 2. The van der Waals surface area contributed by atoms with E-state index < -0.39 is 18.0 Å². The van der Waals surface area contributed by atoms with Gasteiger partial charge in [-0.15, -0.1) is 11.3 Å². The fourth-order valence-corrected chi connectivity index (χ4v) is 7.51. The highest BCUT2D eigenvalue weighted by molar-refractivity contribution is 7.17. The number of benzene rings is 3. The molecule has 6 rings (SSSR count). The highest BCUT2D eigenvalue weighted by Crippen LogP contribution is 2.34. The van der Waals surface area contributed by atoms with Crippen molar-refractivity contribution in [3.8, 4) is 0 Å². The van der Waals surface area contributed by atoms with E-state index in [0.717, 1.165) is 21.2 Å². The summed E-state index contributed by atoms with van der Waals surface area (Å²) in [7, 11) is 0. The van der Waals surface area contributed by atoms with E-state index in [1.54, 1.807) is 9.80 Å². The van der Waals surface area contributed by atoms with Gasteiger partial charge in [-0.2, -0.15) is 0 Å². The van der Waals surface area contributed by atoms with E-state index >= 15 is 0 Å². The molecule has 1 unspecified atom stereocenters. The molecule has 8 heteroatoms. The maximum atomic E-state index is 14.1. The minimum Gasteiger partial charge on any atom is -0.343 e. The van der Waals surface area contributed by atoms with Gasteiger partial charge in [-0.05, 0) is 36.0 Å². The molecule has 0 spiro atoms. The van der Waals surface area contributed by atoms with E-state index in [0.29, 0.717) is 24.9 Å². The lowest BCUT2D eigenvalue weighted by Crippen LogP contribution is -2.53. The minimum absolute atomic E-state index is 0.0204. The Morgan fingerprint density at radius 3 is 2.16 bits per heavy atom. The number of hydrogen-bond donors (Lipinski definition) is 1. The van der Waals surface area contributed by atoms with Crippen LogP contribution in [0.3, 0.4) is 0 Å². The molecule has 0 aliphatic carbocycles. The second kappa shape index (κ2) is 12.1. The average Bonchev–Trinajstić information content (AvgIpc) is 3.72. The number of amides is 3. The summed E-state index contributed by atoms with van der Waals surface area (Å²) in [5, 5.41) is 5.81. The molecule has 0 saturated carbocycles. The van der Waals surface area contributed by atoms with Gasteiger partial charge < -0.3 is 15.1 Å². The highest BCUT2D eigenvalue weighted by atomic mass is 32.1. The Kier molecular flexibility index (Phi) is 8.13. The maximum absolute atomic E-state index is 14.1. The zero-order chi connectivity index (χ0) is 30.1. The van der Waals surface area contributed by atoms with Crippen molar-refractivity contribution in [2.75, 3.05) is 13.1 Å². The molecule has 3 aromatic carbocycles. The van der Waals surface area contributed by atoms with E-state index in [-0.39, 0.29) is 42.0 Å². The van der Waals surface area contributed by atoms with Crippen LogP contribution in [0.1, 0.15) is 54.1 Å². The average molecular weight is 594 g/mol. The second-order valence-corrected chi connectivity index (χ2v) is 12.7. The summed E-state index contributed by atoms with van der Waals surface area (Å²) in [6.45, 7) is 4.36. The number of thiophene rings is 1. The van der Waals surface area contributed by atoms with Crippen LogP contribution in [-0.4, -0.2) is 64.5 Å². The van der Waals surface area contributed by atoms with Gasteiger partial charge in [-0.1, -0.05) is 92.7 Å². The molecular weight excluding hydrogens is 558 g/mol. The number of Topliss-reactive ketones (excluding diaryl/α,β-unsaturated/α-hetero) is 1. The van der Waals surface area contributed by atoms with Crippen LogP contribution in [0.2, 0.25) is 0 Å². The van der Waals surface area contributed by atoms with Crippen LogP contribution >= 0.6 is 11.3 Å². The molecule has 0 bridgehead atoms. The summed E-state index contributed by atoms with van der Waals surface area (Å²) < 4.78 is 1.02. The molecule has 2 aliphatic heterocycles. The predicted octanol–water partition coefficient (Wildman–Crippen LogP) is 5.26. The Balaban J connectivity index is 1.23. The summed E-state index contributed by atoms with van der Waals surface area (Å²) in [5.74, 6) is -1.29. The van der Waals surface area contributed by atoms with Gasteiger partial charge in [0.05, 0.1) is 24.1 Å². The van der Waals surface area contributed by atoms with Crippen molar-refractivity contribution in [1.82, 2.24) is 15.1 Å². The normalized spacial score (nSPS) is 18.8. The summed E-state index contributed by atoms with van der Waals surface area (Å²) in [6.07, 6.45) is 0.960. The molecule has 2 aliphatic rings. The summed E-state index contributed by atoms with van der Waals surface area (Å²) in [6, 6.07) is 25.0. The molecule has 3 heterocycles. The number of carbonyl (C=O) groups excluding carboxylic acids is 4. The lowest BCUT2D eigenvalue weighted by molar-refractivity contribution is -0.140. The first kappa shape index (κ1) is 28.8. The van der Waals surface area contributed by atoms with Crippen molar-refractivity contribution in [3.63, 3.8) is 0 Å². The van der Waals surface area contributed by atoms with Gasteiger partial charge >= 0.3 is 0 Å². The first-order valence-corrected chi connectivity index (χ1v) is 15.7. The fraction of sp³-hybridized carbons (Fsp3) is 0.314. The molecule has 1 N–H and O–H groups in total. The molecule has 1 aromatic heterocycles.